The summed E-state index contributed by atoms with van der Waals surface area (Å²) in [6.45, 7) is 0. The van der Waals surface area contributed by atoms with Gasteiger partial charge in [-0.15, -0.1) is 0 Å². The first-order valence-corrected chi connectivity index (χ1v) is 3.55. The Hall–Kier alpha value is -1.97. The molecule has 0 saturated heterocycles. The summed E-state index contributed by atoms with van der Waals surface area (Å²) in [7, 11) is 0. The fraction of sp³-hybridized carbons (Fsp3) is 0. The fourth-order valence-electron chi connectivity index (χ4n) is 0.819. The molecule has 13 heavy (non-hydrogen) atoms. The zero-order valence-corrected chi connectivity index (χ0v) is 6.68. The van der Waals surface area contributed by atoms with Crippen LogP contribution in [0.5, 0.6) is 0 Å². The third-order valence-electron chi connectivity index (χ3n) is 1.38. The number of rotatable bonds is 3. The molecule has 0 saturated carbocycles. The first-order chi connectivity index (χ1) is 6.24. The molecule has 1 rings (SSSR count). The molecule has 0 spiro atoms. The number of carboxylic acid groups (broad SMARTS) is 1. The molecular formula is C9H7NO3. The second kappa shape index (κ2) is 4.15. The minimum Gasteiger partial charge on any atom is -0.478 e. The minimum atomic E-state index is -1.07. The molecule has 4 heteroatoms. The van der Waals surface area contributed by atoms with Crippen LogP contribution in [0.3, 0.4) is 0 Å². The molecule has 0 aliphatic heterocycles. The van der Waals surface area contributed by atoms with E-state index in [9.17, 15) is 9.59 Å². The summed E-state index contributed by atoms with van der Waals surface area (Å²) in [5.74, 6) is -1.07. The molecule has 4 nitrogen and oxygen atoms in total. The highest BCUT2D eigenvalue weighted by molar-refractivity contribution is 5.88. The lowest BCUT2D eigenvalue weighted by molar-refractivity contribution is -0.131. The third-order valence-corrected chi connectivity index (χ3v) is 1.38. The molecule has 0 unspecified atom stereocenters. The minimum absolute atomic E-state index is 0.361. The van der Waals surface area contributed by atoms with Crippen LogP contribution in [0.4, 0.5) is 0 Å². The van der Waals surface area contributed by atoms with Gasteiger partial charge in [0.05, 0.1) is 5.69 Å². The zero-order chi connectivity index (χ0) is 9.68. The van der Waals surface area contributed by atoms with Crippen LogP contribution < -0.4 is 0 Å². The highest BCUT2D eigenvalue weighted by atomic mass is 16.4. The van der Waals surface area contributed by atoms with Crippen molar-refractivity contribution in [1.29, 1.82) is 0 Å². The molecule has 1 N–H and O–H groups in total. The number of pyridine rings is 1. The molecule has 0 atom stereocenters. The normalized spacial score (nSPS) is 10.2. The summed E-state index contributed by atoms with van der Waals surface area (Å²) >= 11 is 0. The lowest BCUT2D eigenvalue weighted by atomic mass is 10.2. The maximum Gasteiger partial charge on any atom is 0.328 e. The molecule has 1 heterocycles. The van der Waals surface area contributed by atoms with Crippen molar-refractivity contribution in [1.82, 2.24) is 4.98 Å². The average molecular weight is 177 g/mol. The molecule has 0 bridgehead atoms. The number of hydrogen-bond donors (Lipinski definition) is 1. The van der Waals surface area contributed by atoms with E-state index in [0.29, 0.717) is 17.5 Å². The number of aromatic nitrogens is 1. The number of nitrogens with zero attached hydrogens (tertiary/aromatic N) is 1. The molecule has 0 aliphatic rings. The second-order valence-electron chi connectivity index (χ2n) is 2.27. The Morgan fingerprint density at radius 1 is 1.54 bits per heavy atom. The van der Waals surface area contributed by atoms with Crippen molar-refractivity contribution >= 4 is 18.3 Å². The Balaban J connectivity index is 3.00. The van der Waals surface area contributed by atoms with Gasteiger partial charge in [0.1, 0.15) is 0 Å². The van der Waals surface area contributed by atoms with Crippen LogP contribution in [-0.2, 0) is 4.79 Å². The fourth-order valence-corrected chi connectivity index (χ4v) is 0.819. The zero-order valence-electron chi connectivity index (χ0n) is 6.68. The van der Waals surface area contributed by atoms with Gasteiger partial charge in [0.2, 0.25) is 0 Å². The van der Waals surface area contributed by atoms with Crippen molar-refractivity contribution in [2.45, 2.75) is 0 Å². The van der Waals surface area contributed by atoms with Crippen LogP contribution in [0.1, 0.15) is 16.1 Å². The van der Waals surface area contributed by atoms with Crippen LogP contribution in [0, 0.1) is 0 Å². The molecule has 0 radical (unpaired) electrons. The Morgan fingerprint density at radius 2 is 2.31 bits per heavy atom. The van der Waals surface area contributed by atoms with Crippen LogP contribution in [-0.4, -0.2) is 22.3 Å². The molecule has 0 fully saturated rings. The van der Waals surface area contributed by atoms with Crippen LogP contribution in [0.25, 0.3) is 6.08 Å². The van der Waals surface area contributed by atoms with E-state index < -0.39 is 5.97 Å². The molecule has 1 aromatic heterocycles. The average Bonchev–Trinajstić information content (AvgIpc) is 2.15. The predicted octanol–water partition coefficient (Wildman–Crippen LogP) is 0.992. The van der Waals surface area contributed by atoms with E-state index in [2.05, 4.69) is 4.98 Å². The Labute approximate surface area is 74.5 Å². The lowest BCUT2D eigenvalue weighted by Crippen LogP contribution is -1.91. The standard InChI is InChI=1S/C9H7NO3/c11-6-7-2-1-5-10-8(7)3-4-9(12)13/h1-6H,(H,12,13). The van der Waals surface area contributed by atoms with Gasteiger partial charge in [-0.3, -0.25) is 9.78 Å². The SMILES string of the molecule is O=Cc1cccnc1C=CC(=O)O. The van der Waals surface area contributed by atoms with E-state index in [-0.39, 0.29) is 0 Å². The summed E-state index contributed by atoms with van der Waals surface area (Å²) in [6, 6.07) is 3.18. The Morgan fingerprint density at radius 3 is 2.92 bits per heavy atom. The summed E-state index contributed by atoms with van der Waals surface area (Å²) in [5.41, 5.74) is 0.736. The maximum atomic E-state index is 10.5. The summed E-state index contributed by atoms with van der Waals surface area (Å²) < 4.78 is 0. The summed E-state index contributed by atoms with van der Waals surface area (Å²) in [5, 5.41) is 8.34. The van der Waals surface area contributed by atoms with E-state index in [0.717, 1.165) is 6.08 Å². The maximum absolute atomic E-state index is 10.5. The van der Waals surface area contributed by atoms with Gasteiger partial charge in [0.15, 0.2) is 6.29 Å². The van der Waals surface area contributed by atoms with Crippen molar-refractivity contribution in [2.24, 2.45) is 0 Å². The van der Waals surface area contributed by atoms with E-state index in [4.69, 9.17) is 5.11 Å². The van der Waals surface area contributed by atoms with Crippen molar-refractivity contribution < 1.29 is 14.7 Å². The van der Waals surface area contributed by atoms with Gasteiger partial charge in [0.25, 0.3) is 0 Å². The van der Waals surface area contributed by atoms with Crippen LogP contribution in [0.2, 0.25) is 0 Å². The topological polar surface area (TPSA) is 67.3 Å². The summed E-state index contributed by atoms with van der Waals surface area (Å²) in [6.07, 6.45) is 4.35. The van der Waals surface area contributed by atoms with E-state index in [1.807, 2.05) is 0 Å². The second-order valence-corrected chi connectivity index (χ2v) is 2.27. The molecule has 0 amide bonds. The number of aldehydes is 1. The van der Waals surface area contributed by atoms with Crippen LogP contribution >= 0.6 is 0 Å². The third kappa shape index (κ3) is 2.52. The molecule has 0 aliphatic carbocycles. The van der Waals surface area contributed by atoms with Gasteiger partial charge in [-0.2, -0.15) is 0 Å². The van der Waals surface area contributed by atoms with E-state index in [1.165, 1.54) is 12.3 Å². The molecular weight excluding hydrogens is 170 g/mol. The highest BCUT2D eigenvalue weighted by Crippen LogP contribution is 2.03. The lowest BCUT2D eigenvalue weighted by Gasteiger charge is -1.94. The van der Waals surface area contributed by atoms with Gasteiger partial charge in [0, 0.05) is 17.8 Å². The van der Waals surface area contributed by atoms with Gasteiger partial charge in [-0.05, 0) is 18.2 Å². The number of hydrogen-bond acceptors (Lipinski definition) is 3. The molecule has 0 aromatic carbocycles. The van der Waals surface area contributed by atoms with Crippen LogP contribution in [0.15, 0.2) is 24.4 Å². The van der Waals surface area contributed by atoms with Crippen molar-refractivity contribution in [2.75, 3.05) is 0 Å². The number of carbonyl (C=O) groups is 2. The van der Waals surface area contributed by atoms with Gasteiger partial charge >= 0.3 is 5.97 Å². The first-order valence-electron chi connectivity index (χ1n) is 3.55. The smallest absolute Gasteiger partial charge is 0.328 e. The Bertz CT molecular complexity index is 358. The van der Waals surface area contributed by atoms with Gasteiger partial charge in [-0.25, -0.2) is 4.79 Å². The van der Waals surface area contributed by atoms with E-state index in [1.54, 1.807) is 12.1 Å². The number of carbonyl (C=O) groups excluding carboxylic acids is 1. The van der Waals surface area contributed by atoms with Gasteiger partial charge in [-0.1, -0.05) is 0 Å². The number of carboxylic acids is 1. The monoisotopic (exact) mass is 177 g/mol. The van der Waals surface area contributed by atoms with Crippen molar-refractivity contribution in [3.05, 3.63) is 35.7 Å². The van der Waals surface area contributed by atoms with Crippen molar-refractivity contribution in [3.63, 3.8) is 0 Å². The van der Waals surface area contributed by atoms with E-state index >= 15 is 0 Å². The highest BCUT2D eigenvalue weighted by Gasteiger charge is 1.97. The molecule has 1 aromatic rings. The first kappa shape index (κ1) is 9.12. The van der Waals surface area contributed by atoms with Gasteiger partial charge < -0.3 is 5.11 Å². The molecule has 66 valence electrons. The Kier molecular flexibility index (Phi) is 2.92. The van der Waals surface area contributed by atoms with Crippen molar-refractivity contribution in [3.8, 4) is 0 Å². The summed E-state index contributed by atoms with van der Waals surface area (Å²) in [4.78, 5) is 24.5. The largest absolute Gasteiger partial charge is 0.478 e. The number of aliphatic carboxylic acids is 1. The quantitative estimate of drug-likeness (QED) is 0.552. The predicted molar refractivity (Wildman–Crippen MR) is 46.3 cm³/mol.